The van der Waals surface area contributed by atoms with Gasteiger partial charge in [-0.15, -0.1) is 0 Å². The first-order valence-corrected chi connectivity index (χ1v) is 8.27. The van der Waals surface area contributed by atoms with E-state index in [9.17, 15) is 0 Å². The molecule has 0 radical (unpaired) electrons. The number of nitrogens with zero attached hydrogens (tertiary/aromatic N) is 2. The maximum Gasteiger partial charge on any atom is 0.133 e. The molecule has 1 saturated carbocycles. The van der Waals surface area contributed by atoms with E-state index in [2.05, 4.69) is 21.5 Å². The third-order valence-electron chi connectivity index (χ3n) is 4.18. The smallest absolute Gasteiger partial charge is 0.133 e. The lowest BCUT2D eigenvalue weighted by atomic mass is 9.96. The Morgan fingerprint density at radius 2 is 2.11 bits per heavy atom. The molecule has 3 rings (SSSR count). The molecule has 2 aliphatic carbocycles. The van der Waals surface area contributed by atoms with Crippen LogP contribution in [-0.2, 0) is 12.8 Å². The quantitative estimate of drug-likeness (QED) is 0.909. The SMILES string of the molecule is CSC1CCC(Nc2ncnc3c2CCCC3)C1. The molecule has 1 heterocycles. The summed E-state index contributed by atoms with van der Waals surface area (Å²) in [6.07, 6.45) is 12.7. The number of hydrogen-bond acceptors (Lipinski definition) is 4. The van der Waals surface area contributed by atoms with Crippen LogP contribution in [0, 0.1) is 0 Å². The van der Waals surface area contributed by atoms with Crippen LogP contribution in [0.2, 0.25) is 0 Å². The van der Waals surface area contributed by atoms with Crippen LogP contribution >= 0.6 is 11.8 Å². The van der Waals surface area contributed by atoms with Crippen LogP contribution in [0.5, 0.6) is 0 Å². The maximum atomic E-state index is 4.48. The number of hydrogen-bond donors (Lipinski definition) is 1. The molecule has 0 aromatic carbocycles. The van der Waals surface area contributed by atoms with Crippen molar-refractivity contribution in [1.82, 2.24) is 9.97 Å². The van der Waals surface area contributed by atoms with Gasteiger partial charge in [-0.3, -0.25) is 0 Å². The average Bonchev–Trinajstić information content (AvgIpc) is 2.87. The van der Waals surface area contributed by atoms with Crippen LogP contribution in [0.1, 0.15) is 43.4 Å². The highest BCUT2D eigenvalue weighted by atomic mass is 32.2. The van der Waals surface area contributed by atoms with E-state index in [-0.39, 0.29) is 0 Å². The Morgan fingerprint density at radius 1 is 1.22 bits per heavy atom. The fraction of sp³-hybridized carbons (Fsp3) is 0.714. The van der Waals surface area contributed by atoms with E-state index in [0.717, 1.165) is 23.9 Å². The molecule has 1 fully saturated rings. The molecule has 1 N–H and O–H groups in total. The highest BCUT2D eigenvalue weighted by molar-refractivity contribution is 7.99. The number of aromatic nitrogens is 2. The highest BCUT2D eigenvalue weighted by Gasteiger charge is 2.25. The number of fused-ring (bicyclic) bond motifs is 1. The minimum atomic E-state index is 0.614. The van der Waals surface area contributed by atoms with Crippen LogP contribution in [0.25, 0.3) is 0 Å². The van der Waals surface area contributed by atoms with Crippen molar-refractivity contribution in [2.45, 2.75) is 56.2 Å². The Bertz CT molecular complexity index is 422. The van der Waals surface area contributed by atoms with Crippen molar-refractivity contribution in [3.05, 3.63) is 17.6 Å². The number of thioether (sulfide) groups is 1. The molecule has 0 aliphatic heterocycles. The van der Waals surface area contributed by atoms with Crippen LogP contribution in [0.4, 0.5) is 5.82 Å². The van der Waals surface area contributed by atoms with Gasteiger partial charge in [0.2, 0.25) is 0 Å². The van der Waals surface area contributed by atoms with E-state index in [0.29, 0.717) is 6.04 Å². The van der Waals surface area contributed by atoms with Crippen molar-refractivity contribution < 1.29 is 0 Å². The Balaban J connectivity index is 1.73. The topological polar surface area (TPSA) is 37.8 Å². The second kappa shape index (κ2) is 5.47. The molecular weight excluding hydrogens is 242 g/mol. The summed E-state index contributed by atoms with van der Waals surface area (Å²) in [6.45, 7) is 0. The summed E-state index contributed by atoms with van der Waals surface area (Å²) in [5.74, 6) is 1.12. The van der Waals surface area contributed by atoms with Gasteiger partial charge in [0.1, 0.15) is 12.1 Å². The fourth-order valence-electron chi connectivity index (χ4n) is 3.12. The van der Waals surface area contributed by atoms with Gasteiger partial charge in [0.15, 0.2) is 0 Å². The van der Waals surface area contributed by atoms with Crippen molar-refractivity contribution in [1.29, 1.82) is 0 Å². The summed E-state index contributed by atoms with van der Waals surface area (Å²) in [6, 6.07) is 0.614. The zero-order chi connectivity index (χ0) is 12.4. The Labute approximate surface area is 113 Å². The van der Waals surface area contributed by atoms with Crippen LogP contribution in [-0.4, -0.2) is 27.5 Å². The average molecular weight is 263 g/mol. The molecule has 0 spiro atoms. The van der Waals surface area contributed by atoms with Crippen LogP contribution in [0.15, 0.2) is 6.33 Å². The van der Waals surface area contributed by atoms with E-state index >= 15 is 0 Å². The Kier molecular flexibility index (Phi) is 3.73. The summed E-state index contributed by atoms with van der Waals surface area (Å²) in [5, 5.41) is 4.50. The summed E-state index contributed by atoms with van der Waals surface area (Å²) in [5.41, 5.74) is 2.66. The first-order valence-electron chi connectivity index (χ1n) is 6.99. The van der Waals surface area contributed by atoms with Gasteiger partial charge in [-0.2, -0.15) is 11.8 Å². The van der Waals surface area contributed by atoms with Gasteiger partial charge in [-0.1, -0.05) is 0 Å². The maximum absolute atomic E-state index is 4.48. The molecule has 0 amide bonds. The normalized spacial score (nSPS) is 26.9. The number of anilines is 1. The molecule has 18 heavy (non-hydrogen) atoms. The first kappa shape index (κ1) is 12.3. The van der Waals surface area contributed by atoms with Crippen molar-refractivity contribution in [3.8, 4) is 0 Å². The van der Waals surface area contributed by atoms with E-state index in [4.69, 9.17) is 0 Å². The molecule has 4 heteroatoms. The van der Waals surface area contributed by atoms with E-state index < -0.39 is 0 Å². The van der Waals surface area contributed by atoms with Gasteiger partial charge < -0.3 is 5.32 Å². The second-order valence-corrected chi connectivity index (χ2v) is 6.50. The van der Waals surface area contributed by atoms with Crippen LogP contribution < -0.4 is 5.32 Å². The van der Waals surface area contributed by atoms with Crippen molar-refractivity contribution in [2.75, 3.05) is 11.6 Å². The van der Waals surface area contributed by atoms with E-state index in [1.54, 1.807) is 6.33 Å². The molecule has 2 unspecified atom stereocenters. The van der Waals surface area contributed by atoms with Gasteiger partial charge in [-0.25, -0.2) is 9.97 Å². The molecule has 98 valence electrons. The Morgan fingerprint density at radius 3 is 2.94 bits per heavy atom. The van der Waals surface area contributed by atoms with E-state index in [1.807, 2.05) is 11.8 Å². The number of aryl methyl sites for hydroxylation is 1. The minimum Gasteiger partial charge on any atom is -0.367 e. The lowest BCUT2D eigenvalue weighted by Gasteiger charge is -2.20. The standard InChI is InChI=1S/C14H21N3S/c1-18-11-7-6-10(8-11)17-14-12-4-2-3-5-13(12)15-9-16-14/h9-11H,2-8H2,1H3,(H,15,16,17). The number of rotatable bonds is 3. The van der Waals surface area contributed by atoms with Gasteiger partial charge in [0.25, 0.3) is 0 Å². The van der Waals surface area contributed by atoms with Gasteiger partial charge in [0, 0.05) is 22.5 Å². The van der Waals surface area contributed by atoms with Gasteiger partial charge in [0.05, 0.1) is 0 Å². The third-order valence-corrected chi connectivity index (χ3v) is 5.28. The van der Waals surface area contributed by atoms with E-state index in [1.165, 1.54) is 43.4 Å². The number of nitrogens with one attached hydrogen (secondary N) is 1. The second-order valence-electron chi connectivity index (χ2n) is 5.37. The highest BCUT2D eigenvalue weighted by Crippen LogP contribution is 2.32. The largest absolute Gasteiger partial charge is 0.367 e. The van der Waals surface area contributed by atoms with Crippen molar-refractivity contribution >= 4 is 17.6 Å². The lowest BCUT2D eigenvalue weighted by molar-refractivity contribution is 0.658. The van der Waals surface area contributed by atoms with Gasteiger partial charge >= 0.3 is 0 Å². The zero-order valence-electron chi connectivity index (χ0n) is 11.0. The monoisotopic (exact) mass is 263 g/mol. The molecule has 1 aromatic rings. The molecule has 1 aromatic heterocycles. The minimum absolute atomic E-state index is 0.614. The van der Waals surface area contributed by atoms with Crippen molar-refractivity contribution in [2.24, 2.45) is 0 Å². The Hall–Kier alpha value is -0.770. The zero-order valence-corrected chi connectivity index (χ0v) is 11.8. The third kappa shape index (κ3) is 2.48. The first-order chi connectivity index (χ1) is 8.86. The molecule has 0 bridgehead atoms. The fourth-order valence-corrected chi connectivity index (χ4v) is 3.92. The van der Waals surface area contributed by atoms with Gasteiger partial charge in [-0.05, 0) is 51.2 Å². The summed E-state index contributed by atoms with van der Waals surface area (Å²) < 4.78 is 0. The van der Waals surface area contributed by atoms with Crippen LogP contribution in [0.3, 0.4) is 0 Å². The lowest BCUT2D eigenvalue weighted by Crippen LogP contribution is -2.20. The summed E-state index contributed by atoms with van der Waals surface area (Å²) >= 11 is 2.00. The molecule has 3 nitrogen and oxygen atoms in total. The summed E-state index contributed by atoms with van der Waals surface area (Å²) in [4.78, 5) is 8.91. The summed E-state index contributed by atoms with van der Waals surface area (Å²) in [7, 11) is 0. The molecule has 2 atom stereocenters. The van der Waals surface area contributed by atoms with Crippen molar-refractivity contribution in [3.63, 3.8) is 0 Å². The predicted molar refractivity (Wildman–Crippen MR) is 77.2 cm³/mol. The molecule has 0 saturated heterocycles. The predicted octanol–water partition coefficient (Wildman–Crippen LogP) is 3.05. The molecule has 2 aliphatic rings. The molecular formula is C14H21N3S.